The number of halogens is 1. The fourth-order valence-electron chi connectivity index (χ4n) is 1.64. The molecule has 0 saturated carbocycles. The zero-order valence-corrected chi connectivity index (χ0v) is 11.8. The van der Waals surface area contributed by atoms with Gasteiger partial charge in [-0.3, -0.25) is 4.79 Å². The minimum absolute atomic E-state index is 0.167. The van der Waals surface area contributed by atoms with Gasteiger partial charge in [-0.1, -0.05) is 11.6 Å². The predicted octanol–water partition coefficient (Wildman–Crippen LogP) is 2.05. The molecular formula is C13H16ClN3O2. The number of hydrogen-bond acceptors (Lipinski definition) is 4. The van der Waals surface area contributed by atoms with Crippen LogP contribution in [0.4, 0.5) is 0 Å². The minimum atomic E-state index is -0.167. The quantitative estimate of drug-likeness (QED) is 0.749. The number of carbonyl (C=O) groups excluding carboxylic acids is 1. The predicted molar refractivity (Wildman–Crippen MR) is 72.0 cm³/mol. The summed E-state index contributed by atoms with van der Waals surface area (Å²) in [5.74, 6) is -0.167. The van der Waals surface area contributed by atoms with Crippen LogP contribution < -0.4 is 0 Å². The largest absolute Gasteiger partial charge is 0.383 e. The van der Waals surface area contributed by atoms with Crippen LogP contribution in [0, 0.1) is 18.3 Å². The molecule has 0 N–H and O–H groups in total. The zero-order valence-electron chi connectivity index (χ0n) is 11.0. The van der Waals surface area contributed by atoms with E-state index in [1.807, 2.05) is 6.07 Å². The Bertz CT molecular complexity index is 465. The SMILES string of the molecule is COCCN(CCC#N)C(=O)c1cc(C)nc(Cl)c1. The summed E-state index contributed by atoms with van der Waals surface area (Å²) in [5, 5.41) is 8.92. The molecule has 1 aromatic rings. The summed E-state index contributed by atoms with van der Waals surface area (Å²) in [6.45, 7) is 3.01. The molecule has 0 bridgehead atoms. The van der Waals surface area contributed by atoms with Crippen molar-refractivity contribution in [1.29, 1.82) is 5.26 Å². The number of aromatic nitrogens is 1. The van der Waals surface area contributed by atoms with Gasteiger partial charge in [0.15, 0.2) is 0 Å². The first-order valence-electron chi connectivity index (χ1n) is 5.88. The smallest absolute Gasteiger partial charge is 0.254 e. The number of nitrogens with zero attached hydrogens (tertiary/aromatic N) is 3. The third kappa shape index (κ3) is 4.86. The van der Waals surface area contributed by atoms with Crippen LogP contribution in [-0.2, 0) is 4.74 Å². The number of hydrogen-bond donors (Lipinski definition) is 0. The van der Waals surface area contributed by atoms with E-state index < -0.39 is 0 Å². The molecule has 0 aliphatic rings. The first kappa shape index (κ1) is 15.4. The molecule has 0 aliphatic heterocycles. The molecule has 1 heterocycles. The highest BCUT2D eigenvalue weighted by atomic mass is 35.5. The van der Waals surface area contributed by atoms with E-state index in [9.17, 15) is 4.79 Å². The van der Waals surface area contributed by atoms with Gasteiger partial charge < -0.3 is 9.64 Å². The van der Waals surface area contributed by atoms with Crippen LogP contribution in [0.25, 0.3) is 0 Å². The summed E-state index contributed by atoms with van der Waals surface area (Å²) in [4.78, 5) is 17.9. The van der Waals surface area contributed by atoms with Gasteiger partial charge in [0.1, 0.15) is 5.15 Å². The van der Waals surface area contributed by atoms with E-state index in [4.69, 9.17) is 21.6 Å². The molecule has 0 radical (unpaired) electrons. The normalized spacial score (nSPS) is 10.0. The van der Waals surface area contributed by atoms with Crippen molar-refractivity contribution < 1.29 is 9.53 Å². The van der Waals surface area contributed by atoms with E-state index in [1.165, 1.54) is 6.07 Å². The number of ether oxygens (including phenoxy) is 1. The Morgan fingerprint density at radius 3 is 2.84 bits per heavy atom. The lowest BCUT2D eigenvalue weighted by Gasteiger charge is -2.21. The van der Waals surface area contributed by atoms with Gasteiger partial charge in [0.25, 0.3) is 5.91 Å². The summed E-state index contributed by atoms with van der Waals surface area (Å²) in [7, 11) is 1.57. The average Bonchev–Trinajstić information content (AvgIpc) is 2.37. The molecule has 102 valence electrons. The van der Waals surface area contributed by atoms with Gasteiger partial charge in [0.05, 0.1) is 19.1 Å². The lowest BCUT2D eigenvalue weighted by molar-refractivity contribution is 0.0699. The van der Waals surface area contributed by atoms with Gasteiger partial charge in [0, 0.05) is 31.5 Å². The van der Waals surface area contributed by atoms with Crippen molar-refractivity contribution in [1.82, 2.24) is 9.88 Å². The van der Waals surface area contributed by atoms with Gasteiger partial charge in [0.2, 0.25) is 0 Å². The zero-order chi connectivity index (χ0) is 14.3. The first-order chi connectivity index (χ1) is 9.08. The third-order valence-electron chi connectivity index (χ3n) is 2.52. The first-order valence-corrected chi connectivity index (χ1v) is 6.25. The topological polar surface area (TPSA) is 66.2 Å². The molecule has 0 fully saturated rings. The van der Waals surface area contributed by atoms with Crippen molar-refractivity contribution in [2.45, 2.75) is 13.3 Å². The highest BCUT2D eigenvalue weighted by Crippen LogP contribution is 2.13. The maximum absolute atomic E-state index is 12.3. The molecule has 1 amide bonds. The van der Waals surface area contributed by atoms with E-state index in [0.717, 1.165) is 0 Å². The maximum Gasteiger partial charge on any atom is 0.254 e. The lowest BCUT2D eigenvalue weighted by atomic mass is 10.2. The molecule has 0 aromatic carbocycles. The number of amides is 1. The van der Waals surface area contributed by atoms with Crippen LogP contribution in [0.3, 0.4) is 0 Å². The fourth-order valence-corrected chi connectivity index (χ4v) is 1.89. The second-order valence-electron chi connectivity index (χ2n) is 4.01. The number of methoxy groups -OCH3 is 1. The number of pyridine rings is 1. The van der Waals surface area contributed by atoms with E-state index in [1.54, 1.807) is 25.0 Å². The summed E-state index contributed by atoms with van der Waals surface area (Å²) < 4.78 is 4.97. The Hall–Kier alpha value is -1.64. The van der Waals surface area contributed by atoms with Crippen molar-refractivity contribution in [3.63, 3.8) is 0 Å². The van der Waals surface area contributed by atoms with E-state index >= 15 is 0 Å². The second kappa shape index (κ2) is 7.72. The van der Waals surface area contributed by atoms with Gasteiger partial charge in [-0.25, -0.2) is 4.98 Å². The van der Waals surface area contributed by atoms with Gasteiger partial charge in [-0.05, 0) is 19.1 Å². The number of nitriles is 1. The molecular weight excluding hydrogens is 266 g/mol. The maximum atomic E-state index is 12.3. The van der Waals surface area contributed by atoms with Crippen LogP contribution in [0.15, 0.2) is 12.1 Å². The van der Waals surface area contributed by atoms with Crippen molar-refractivity contribution in [3.8, 4) is 6.07 Å². The van der Waals surface area contributed by atoms with Crippen molar-refractivity contribution in [2.75, 3.05) is 26.8 Å². The molecule has 1 aromatic heterocycles. The molecule has 19 heavy (non-hydrogen) atoms. The molecule has 6 heteroatoms. The average molecular weight is 282 g/mol. The number of aryl methyl sites for hydroxylation is 1. The Morgan fingerprint density at radius 2 is 2.26 bits per heavy atom. The Balaban J connectivity index is 2.87. The van der Waals surface area contributed by atoms with Gasteiger partial charge in [-0.15, -0.1) is 0 Å². The lowest BCUT2D eigenvalue weighted by Crippen LogP contribution is -2.34. The molecule has 0 saturated heterocycles. The standard InChI is InChI=1S/C13H16ClN3O2/c1-10-8-11(9-12(14)16-10)13(18)17(5-3-4-15)6-7-19-2/h8-9H,3,5-7H2,1-2H3. The monoisotopic (exact) mass is 281 g/mol. The Kier molecular flexibility index (Phi) is 6.26. The summed E-state index contributed by atoms with van der Waals surface area (Å²) >= 11 is 5.85. The van der Waals surface area contributed by atoms with Crippen LogP contribution in [-0.4, -0.2) is 42.6 Å². The van der Waals surface area contributed by atoms with E-state index in [-0.39, 0.29) is 17.5 Å². The molecule has 1 rings (SSSR count). The summed E-state index contributed by atoms with van der Waals surface area (Å²) in [6.07, 6.45) is 0.285. The van der Waals surface area contributed by atoms with Crippen molar-refractivity contribution in [2.24, 2.45) is 0 Å². The molecule has 0 aliphatic carbocycles. The summed E-state index contributed by atoms with van der Waals surface area (Å²) in [5.41, 5.74) is 1.16. The summed E-state index contributed by atoms with van der Waals surface area (Å²) in [6, 6.07) is 5.24. The number of carbonyl (C=O) groups is 1. The van der Waals surface area contributed by atoms with Crippen molar-refractivity contribution in [3.05, 3.63) is 28.5 Å². The second-order valence-corrected chi connectivity index (χ2v) is 4.40. The molecule has 5 nitrogen and oxygen atoms in total. The van der Waals surface area contributed by atoms with Crippen LogP contribution in [0.5, 0.6) is 0 Å². The molecule has 0 unspecified atom stereocenters. The van der Waals surface area contributed by atoms with Crippen LogP contribution in [0.2, 0.25) is 5.15 Å². The van der Waals surface area contributed by atoms with E-state index in [2.05, 4.69) is 4.98 Å². The van der Waals surface area contributed by atoms with Gasteiger partial charge in [-0.2, -0.15) is 5.26 Å². The molecule has 0 spiro atoms. The Morgan fingerprint density at radius 1 is 1.53 bits per heavy atom. The fraction of sp³-hybridized carbons (Fsp3) is 0.462. The van der Waals surface area contributed by atoms with Gasteiger partial charge >= 0.3 is 0 Å². The van der Waals surface area contributed by atoms with Crippen LogP contribution >= 0.6 is 11.6 Å². The van der Waals surface area contributed by atoms with Crippen LogP contribution in [0.1, 0.15) is 22.5 Å². The van der Waals surface area contributed by atoms with Crippen molar-refractivity contribution >= 4 is 17.5 Å². The van der Waals surface area contributed by atoms with E-state index in [0.29, 0.717) is 31.0 Å². The highest BCUT2D eigenvalue weighted by Gasteiger charge is 2.16. The number of rotatable bonds is 6. The Labute approximate surface area is 117 Å². The third-order valence-corrected chi connectivity index (χ3v) is 2.71. The molecule has 0 atom stereocenters. The highest BCUT2D eigenvalue weighted by molar-refractivity contribution is 6.29. The minimum Gasteiger partial charge on any atom is -0.383 e.